The third-order valence-electron chi connectivity index (χ3n) is 2.82. The van der Waals surface area contributed by atoms with E-state index in [2.05, 4.69) is 34.2 Å². The predicted octanol–water partition coefficient (Wildman–Crippen LogP) is 5.03. The van der Waals surface area contributed by atoms with Crippen LogP contribution in [0.25, 0.3) is 0 Å². The molecule has 0 bridgehead atoms. The Morgan fingerprint density at radius 1 is 1.21 bits per heavy atom. The highest BCUT2D eigenvalue weighted by atomic mass is 79.9. The average molecular weight is 341 g/mol. The molecule has 4 heteroatoms. The molecule has 0 unspecified atom stereocenters. The monoisotopic (exact) mass is 339 g/mol. The Kier molecular flexibility index (Phi) is 4.72. The zero-order valence-electron chi connectivity index (χ0n) is 10.8. The van der Waals surface area contributed by atoms with Gasteiger partial charge in [0, 0.05) is 11.0 Å². The molecule has 0 aliphatic rings. The van der Waals surface area contributed by atoms with Crippen molar-refractivity contribution in [1.82, 2.24) is 0 Å². The first-order valence-corrected chi connectivity index (χ1v) is 7.09. The van der Waals surface area contributed by atoms with Crippen LogP contribution in [0.1, 0.15) is 11.1 Å². The lowest BCUT2D eigenvalue weighted by Crippen LogP contribution is -2.01. The van der Waals surface area contributed by atoms with Crippen molar-refractivity contribution in [3.63, 3.8) is 0 Å². The van der Waals surface area contributed by atoms with Crippen molar-refractivity contribution in [2.75, 3.05) is 12.4 Å². The molecule has 1 N–H and O–H groups in total. The maximum atomic E-state index is 6.08. The Hall–Kier alpha value is -1.19. The number of rotatable bonds is 4. The molecule has 0 aliphatic heterocycles. The summed E-state index contributed by atoms with van der Waals surface area (Å²) < 4.78 is 6.24. The second-order valence-corrected chi connectivity index (χ2v) is 5.57. The van der Waals surface area contributed by atoms with Crippen LogP contribution in [-0.2, 0) is 6.54 Å². The molecule has 0 fully saturated rings. The van der Waals surface area contributed by atoms with Crippen molar-refractivity contribution in [3.05, 3.63) is 57.0 Å². The Labute approximate surface area is 126 Å². The van der Waals surface area contributed by atoms with Gasteiger partial charge in [0.05, 0.1) is 17.8 Å². The van der Waals surface area contributed by atoms with E-state index >= 15 is 0 Å². The van der Waals surface area contributed by atoms with Gasteiger partial charge in [-0.25, -0.2) is 0 Å². The summed E-state index contributed by atoms with van der Waals surface area (Å²) in [5.74, 6) is 0.841. The van der Waals surface area contributed by atoms with Crippen LogP contribution < -0.4 is 10.1 Å². The van der Waals surface area contributed by atoms with Crippen molar-refractivity contribution in [3.8, 4) is 5.75 Å². The number of methoxy groups -OCH3 is 1. The highest BCUT2D eigenvalue weighted by molar-refractivity contribution is 9.10. The Morgan fingerprint density at radius 2 is 2.00 bits per heavy atom. The number of ether oxygens (including phenoxy) is 1. The van der Waals surface area contributed by atoms with Crippen LogP contribution >= 0.6 is 27.5 Å². The maximum Gasteiger partial charge on any atom is 0.141 e. The molecule has 0 amide bonds. The van der Waals surface area contributed by atoms with Crippen LogP contribution in [0.4, 0.5) is 5.69 Å². The largest absolute Gasteiger partial charge is 0.495 e. The second kappa shape index (κ2) is 6.31. The first kappa shape index (κ1) is 14.2. The third kappa shape index (κ3) is 3.64. The molecule has 0 radical (unpaired) electrons. The highest BCUT2D eigenvalue weighted by Gasteiger charge is 2.04. The predicted molar refractivity (Wildman–Crippen MR) is 84.2 cm³/mol. The summed E-state index contributed by atoms with van der Waals surface area (Å²) in [5, 5.41) is 4.09. The molecule has 0 aromatic heterocycles. The molecule has 0 saturated carbocycles. The van der Waals surface area contributed by atoms with Crippen LogP contribution in [0, 0.1) is 6.92 Å². The fourth-order valence-electron chi connectivity index (χ4n) is 1.81. The smallest absolute Gasteiger partial charge is 0.141 e. The van der Waals surface area contributed by atoms with Gasteiger partial charge in [0.2, 0.25) is 0 Å². The number of hydrogen-bond donors (Lipinski definition) is 1. The van der Waals surface area contributed by atoms with Crippen molar-refractivity contribution in [2.24, 2.45) is 0 Å². The van der Waals surface area contributed by atoms with Gasteiger partial charge in [0.15, 0.2) is 0 Å². The van der Waals surface area contributed by atoms with Crippen molar-refractivity contribution >= 4 is 33.2 Å². The summed E-state index contributed by atoms with van der Waals surface area (Å²) in [7, 11) is 1.67. The van der Waals surface area contributed by atoms with E-state index in [-0.39, 0.29) is 0 Å². The molecule has 2 aromatic rings. The van der Waals surface area contributed by atoms with E-state index in [9.17, 15) is 0 Å². The first-order chi connectivity index (χ1) is 9.10. The summed E-state index contributed by atoms with van der Waals surface area (Å²) >= 11 is 9.47. The Morgan fingerprint density at radius 3 is 2.68 bits per heavy atom. The number of halogens is 2. The van der Waals surface area contributed by atoms with Gasteiger partial charge in [-0.05, 0) is 58.2 Å². The standard InChI is InChI=1S/C15H15BrClNO/c1-10-3-6-15(19-2)14(7-10)18-9-11-4-5-12(16)13(17)8-11/h3-8,18H,9H2,1-2H3. The number of nitrogens with one attached hydrogen (secondary N) is 1. The van der Waals surface area contributed by atoms with Gasteiger partial charge in [0.25, 0.3) is 0 Å². The van der Waals surface area contributed by atoms with Gasteiger partial charge in [-0.15, -0.1) is 0 Å². The van der Waals surface area contributed by atoms with E-state index in [0.717, 1.165) is 26.5 Å². The molecule has 2 rings (SSSR count). The molecule has 0 aliphatic carbocycles. The fourth-order valence-corrected chi connectivity index (χ4v) is 2.26. The maximum absolute atomic E-state index is 6.08. The lowest BCUT2D eigenvalue weighted by molar-refractivity contribution is 0.416. The summed E-state index contributed by atoms with van der Waals surface area (Å²) in [5.41, 5.74) is 3.30. The Bertz CT molecular complexity index is 586. The zero-order valence-corrected chi connectivity index (χ0v) is 13.2. The van der Waals surface area contributed by atoms with Crippen molar-refractivity contribution in [2.45, 2.75) is 13.5 Å². The number of hydrogen-bond acceptors (Lipinski definition) is 2. The van der Waals surface area contributed by atoms with Crippen molar-refractivity contribution < 1.29 is 4.74 Å². The zero-order chi connectivity index (χ0) is 13.8. The quantitative estimate of drug-likeness (QED) is 0.842. The molecule has 2 nitrogen and oxygen atoms in total. The molecule has 19 heavy (non-hydrogen) atoms. The summed E-state index contributed by atoms with van der Waals surface area (Å²) in [6, 6.07) is 12.0. The van der Waals surface area contributed by atoms with Crippen LogP contribution in [0.5, 0.6) is 5.75 Å². The molecule has 0 atom stereocenters. The minimum absolute atomic E-state index is 0.701. The molecule has 0 saturated heterocycles. The molecular weight excluding hydrogens is 326 g/mol. The number of benzene rings is 2. The topological polar surface area (TPSA) is 21.3 Å². The van der Waals surface area contributed by atoms with Crippen LogP contribution in [0.2, 0.25) is 5.02 Å². The summed E-state index contributed by atoms with van der Waals surface area (Å²) in [6.07, 6.45) is 0. The minimum atomic E-state index is 0.701. The van der Waals surface area contributed by atoms with Gasteiger partial charge in [-0.1, -0.05) is 23.7 Å². The van der Waals surface area contributed by atoms with E-state index < -0.39 is 0 Å². The highest BCUT2D eigenvalue weighted by Crippen LogP contribution is 2.27. The molecule has 0 heterocycles. The number of anilines is 1. The lowest BCUT2D eigenvalue weighted by atomic mass is 10.2. The molecule has 100 valence electrons. The van der Waals surface area contributed by atoms with Gasteiger partial charge in [-0.2, -0.15) is 0 Å². The second-order valence-electron chi connectivity index (χ2n) is 4.31. The van der Waals surface area contributed by atoms with E-state index in [4.69, 9.17) is 16.3 Å². The Balaban J connectivity index is 2.13. The minimum Gasteiger partial charge on any atom is -0.495 e. The SMILES string of the molecule is COc1ccc(C)cc1NCc1ccc(Br)c(Cl)c1. The van der Waals surface area contributed by atoms with Crippen LogP contribution in [0.15, 0.2) is 40.9 Å². The van der Waals surface area contributed by atoms with Crippen LogP contribution in [-0.4, -0.2) is 7.11 Å². The summed E-state index contributed by atoms with van der Waals surface area (Å²) in [4.78, 5) is 0. The van der Waals surface area contributed by atoms with E-state index in [0.29, 0.717) is 6.54 Å². The van der Waals surface area contributed by atoms with E-state index in [1.54, 1.807) is 7.11 Å². The van der Waals surface area contributed by atoms with Gasteiger partial charge in [-0.3, -0.25) is 0 Å². The van der Waals surface area contributed by atoms with Gasteiger partial charge in [0.1, 0.15) is 5.75 Å². The summed E-state index contributed by atoms with van der Waals surface area (Å²) in [6.45, 7) is 2.76. The van der Waals surface area contributed by atoms with E-state index in [1.807, 2.05) is 30.3 Å². The fraction of sp³-hybridized carbons (Fsp3) is 0.200. The van der Waals surface area contributed by atoms with Gasteiger partial charge >= 0.3 is 0 Å². The van der Waals surface area contributed by atoms with E-state index in [1.165, 1.54) is 5.56 Å². The third-order valence-corrected chi connectivity index (χ3v) is 4.05. The normalized spacial score (nSPS) is 10.3. The molecule has 2 aromatic carbocycles. The van der Waals surface area contributed by atoms with Crippen molar-refractivity contribution in [1.29, 1.82) is 0 Å². The number of aryl methyl sites for hydroxylation is 1. The molecular formula is C15H15BrClNO. The first-order valence-electron chi connectivity index (χ1n) is 5.92. The lowest BCUT2D eigenvalue weighted by Gasteiger charge is -2.12. The van der Waals surface area contributed by atoms with Gasteiger partial charge < -0.3 is 10.1 Å². The molecule has 0 spiro atoms. The average Bonchev–Trinajstić information content (AvgIpc) is 2.40. The van der Waals surface area contributed by atoms with Crippen LogP contribution in [0.3, 0.4) is 0 Å².